The van der Waals surface area contributed by atoms with Crippen molar-refractivity contribution in [1.29, 1.82) is 0 Å². The number of nitrogens with zero attached hydrogens (tertiary/aromatic N) is 1. The van der Waals surface area contributed by atoms with Crippen molar-refractivity contribution in [1.82, 2.24) is 4.90 Å². The van der Waals surface area contributed by atoms with E-state index in [1.54, 1.807) is 0 Å². The Morgan fingerprint density at radius 2 is 1.72 bits per heavy atom. The standard InChI is InChI=1S/C19H17FN2O3/c1-10-7-11(2)17(12(3)8-10)21-15(23)9-22-18(24)13-5-4-6-14(20)16(13)19(22)25/h4-8H,9H2,1-3H3,(H,21,23). The maximum atomic E-state index is 13.8. The van der Waals surface area contributed by atoms with Gasteiger partial charge < -0.3 is 5.32 Å². The van der Waals surface area contributed by atoms with Gasteiger partial charge in [-0.25, -0.2) is 4.39 Å². The summed E-state index contributed by atoms with van der Waals surface area (Å²) < 4.78 is 13.8. The molecule has 0 fully saturated rings. The number of imide groups is 1. The van der Waals surface area contributed by atoms with Gasteiger partial charge in [-0.05, 0) is 44.0 Å². The molecule has 6 heteroatoms. The molecule has 25 heavy (non-hydrogen) atoms. The van der Waals surface area contributed by atoms with Crippen LogP contribution >= 0.6 is 0 Å². The summed E-state index contributed by atoms with van der Waals surface area (Å²) in [6.07, 6.45) is 0. The molecule has 1 heterocycles. The summed E-state index contributed by atoms with van der Waals surface area (Å²) in [7, 11) is 0. The first-order valence-corrected chi connectivity index (χ1v) is 7.82. The van der Waals surface area contributed by atoms with E-state index in [9.17, 15) is 18.8 Å². The molecule has 0 aliphatic carbocycles. The van der Waals surface area contributed by atoms with Crippen LogP contribution in [0.3, 0.4) is 0 Å². The zero-order valence-electron chi connectivity index (χ0n) is 14.1. The Balaban J connectivity index is 1.80. The summed E-state index contributed by atoms with van der Waals surface area (Å²) in [5.74, 6) is -2.72. The Morgan fingerprint density at radius 3 is 2.32 bits per heavy atom. The second-order valence-corrected chi connectivity index (χ2v) is 6.18. The molecule has 0 atom stereocenters. The van der Waals surface area contributed by atoms with Gasteiger partial charge in [0.05, 0.1) is 11.1 Å². The van der Waals surface area contributed by atoms with Gasteiger partial charge in [0.2, 0.25) is 5.91 Å². The molecule has 128 valence electrons. The van der Waals surface area contributed by atoms with Gasteiger partial charge in [0.1, 0.15) is 12.4 Å². The highest BCUT2D eigenvalue weighted by Gasteiger charge is 2.38. The van der Waals surface area contributed by atoms with Crippen molar-refractivity contribution in [2.24, 2.45) is 0 Å². The first-order chi connectivity index (χ1) is 11.8. The monoisotopic (exact) mass is 340 g/mol. The van der Waals surface area contributed by atoms with Crippen LogP contribution in [0.5, 0.6) is 0 Å². The van der Waals surface area contributed by atoms with Gasteiger partial charge >= 0.3 is 0 Å². The lowest BCUT2D eigenvalue weighted by molar-refractivity contribution is -0.116. The maximum absolute atomic E-state index is 13.8. The number of amides is 3. The molecule has 0 saturated carbocycles. The molecule has 3 amide bonds. The molecule has 0 unspecified atom stereocenters. The summed E-state index contributed by atoms with van der Waals surface area (Å²) >= 11 is 0. The van der Waals surface area contributed by atoms with E-state index in [0.717, 1.165) is 27.7 Å². The van der Waals surface area contributed by atoms with Gasteiger partial charge in [-0.15, -0.1) is 0 Å². The third kappa shape index (κ3) is 2.91. The van der Waals surface area contributed by atoms with Gasteiger partial charge in [-0.3, -0.25) is 19.3 Å². The van der Waals surface area contributed by atoms with Crippen molar-refractivity contribution in [2.75, 3.05) is 11.9 Å². The minimum absolute atomic E-state index is 0.0134. The minimum Gasteiger partial charge on any atom is -0.324 e. The molecule has 1 aliphatic rings. The van der Waals surface area contributed by atoms with Crippen LogP contribution in [0.2, 0.25) is 0 Å². The number of hydrogen-bond donors (Lipinski definition) is 1. The summed E-state index contributed by atoms with van der Waals surface area (Å²) in [6.45, 7) is 5.23. The third-order valence-corrected chi connectivity index (χ3v) is 4.19. The van der Waals surface area contributed by atoms with Crippen LogP contribution in [0.25, 0.3) is 0 Å². The lowest BCUT2D eigenvalue weighted by Gasteiger charge is -2.16. The van der Waals surface area contributed by atoms with Crippen LogP contribution in [0.1, 0.15) is 37.4 Å². The summed E-state index contributed by atoms with van der Waals surface area (Å²) in [6, 6.07) is 7.72. The number of anilines is 1. The Kier molecular flexibility index (Phi) is 4.12. The number of hydrogen-bond acceptors (Lipinski definition) is 3. The van der Waals surface area contributed by atoms with Crippen LogP contribution in [-0.4, -0.2) is 29.2 Å². The predicted octanol–water partition coefficient (Wildman–Crippen LogP) is 2.99. The molecule has 2 aromatic carbocycles. The average molecular weight is 340 g/mol. The fraction of sp³-hybridized carbons (Fsp3) is 0.211. The van der Waals surface area contributed by atoms with E-state index in [4.69, 9.17) is 0 Å². The van der Waals surface area contributed by atoms with Gasteiger partial charge in [0.15, 0.2) is 0 Å². The number of carbonyl (C=O) groups is 3. The van der Waals surface area contributed by atoms with E-state index >= 15 is 0 Å². The Bertz CT molecular complexity index is 898. The summed E-state index contributed by atoms with van der Waals surface area (Å²) in [5, 5.41) is 2.74. The van der Waals surface area contributed by atoms with E-state index < -0.39 is 30.1 Å². The summed E-state index contributed by atoms with van der Waals surface area (Å²) in [4.78, 5) is 37.7. The first kappa shape index (κ1) is 16.8. The van der Waals surface area contributed by atoms with E-state index in [2.05, 4.69) is 5.32 Å². The number of fused-ring (bicyclic) bond motifs is 1. The largest absolute Gasteiger partial charge is 0.324 e. The number of carbonyl (C=O) groups excluding carboxylic acids is 3. The Labute approximate surface area is 144 Å². The van der Waals surface area contributed by atoms with Gasteiger partial charge in [-0.2, -0.15) is 0 Å². The number of rotatable bonds is 3. The molecule has 0 aromatic heterocycles. The molecule has 0 radical (unpaired) electrons. The van der Waals surface area contributed by atoms with Crippen molar-refractivity contribution >= 4 is 23.4 Å². The Morgan fingerprint density at radius 1 is 1.08 bits per heavy atom. The van der Waals surface area contributed by atoms with Crippen molar-refractivity contribution in [3.63, 3.8) is 0 Å². The van der Waals surface area contributed by atoms with Crippen molar-refractivity contribution in [2.45, 2.75) is 20.8 Å². The zero-order valence-corrected chi connectivity index (χ0v) is 14.1. The molecule has 1 N–H and O–H groups in total. The van der Waals surface area contributed by atoms with Crippen LogP contribution in [0.15, 0.2) is 30.3 Å². The zero-order chi connectivity index (χ0) is 18.3. The van der Waals surface area contributed by atoms with E-state index in [0.29, 0.717) is 5.69 Å². The second-order valence-electron chi connectivity index (χ2n) is 6.18. The van der Waals surface area contributed by atoms with Gasteiger partial charge in [-0.1, -0.05) is 23.8 Å². The number of benzene rings is 2. The summed E-state index contributed by atoms with van der Waals surface area (Å²) in [5.41, 5.74) is 3.21. The molecule has 3 rings (SSSR count). The van der Waals surface area contributed by atoms with Crippen LogP contribution in [-0.2, 0) is 4.79 Å². The minimum atomic E-state index is -0.786. The molecule has 2 aromatic rings. The lowest BCUT2D eigenvalue weighted by Crippen LogP contribution is -2.37. The molecular formula is C19H17FN2O3. The quantitative estimate of drug-likeness (QED) is 0.874. The molecule has 1 aliphatic heterocycles. The van der Waals surface area contributed by atoms with E-state index in [-0.39, 0.29) is 11.1 Å². The topological polar surface area (TPSA) is 66.5 Å². The third-order valence-electron chi connectivity index (χ3n) is 4.19. The molecule has 0 saturated heterocycles. The molecule has 0 spiro atoms. The SMILES string of the molecule is Cc1cc(C)c(NC(=O)CN2C(=O)c3cccc(F)c3C2=O)c(C)c1. The lowest BCUT2D eigenvalue weighted by atomic mass is 10.1. The van der Waals surface area contributed by atoms with E-state index in [1.807, 2.05) is 32.9 Å². The normalized spacial score (nSPS) is 13.2. The van der Waals surface area contributed by atoms with Crippen molar-refractivity contribution < 1.29 is 18.8 Å². The first-order valence-electron chi connectivity index (χ1n) is 7.82. The fourth-order valence-corrected chi connectivity index (χ4v) is 3.14. The van der Waals surface area contributed by atoms with Gasteiger partial charge in [0, 0.05) is 5.69 Å². The maximum Gasteiger partial charge on any atom is 0.265 e. The smallest absolute Gasteiger partial charge is 0.265 e. The molecule has 0 bridgehead atoms. The number of halogens is 1. The van der Waals surface area contributed by atoms with Gasteiger partial charge in [0.25, 0.3) is 11.8 Å². The Hall–Kier alpha value is -3.02. The van der Waals surface area contributed by atoms with Crippen LogP contribution in [0.4, 0.5) is 10.1 Å². The number of nitrogens with one attached hydrogen (secondary N) is 1. The van der Waals surface area contributed by atoms with Crippen molar-refractivity contribution in [3.05, 3.63) is 64.0 Å². The van der Waals surface area contributed by atoms with Crippen molar-refractivity contribution in [3.8, 4) is 0 Å². The highest BCUT2D eigenvalue weighted by atomic mass is 19.1. The second kappa shape index (κ2) is 6.12. The molecule has 5 nitrogen and oxygen atoms in total. The fourth-order valence-electron chi connectivity index (χ4n) is 3.14. The highest BCUT2D eigenvalue weighted by molar-refractivity contribution is 6.22. The average Bonchev–Trinajstić information content (AvgIpc) is 2.77. The highest BCUT2D eigenvalue weighted by Crippen LogP contribution is 2.26. The predicted molar refractivity (Wildman–Crippen MR) is 91.0 cm³/mol. The van der Waals surface area contributed by atoms with Crippen LogP contribution < -0.4 is 5.32 Å². The van der Waals surface area contributed by atoms with E-state index in [1.165, 1.54) is 12.1 Å². The molecular weight excluding hydrogens is 323 g/mol. The van der Waals surface area contributed by atoms with Crippen LogP contribution in [0, 0.1) is 26.6 Å². The number of aryl methyl sites for hydroxylation is 3.